The van der Waals surface area contributed by atoms with Crippen LogP contribution in [0.4, 0.5) is 5.69 Å². The summed E-state index contributed by atoms with van der Waals surface area (Å²) in [6.45, 7) is 0.263. The minimum Gasteiger partial charge on any atom is -0.493 e. The van der Waals surface area contributed by atoms with E-state index in [-0.39, 0.29) is 12.5 Å². The van der Waals surface area contributed by atoms with Crippen molar-refractivity contribution in [2.75, 3.05) is 12.4 Å². The Balaban J connectivity index is 1.30. The van der Waals surface area contributed by atoms with Crippen molar-refractivity contribution in [3.05, 3.63) is 83.8 Å². The Morgan fingerprint density at radius 1 is 1.09 bits per heavy atom. The van der Waals surface area contributed by atoms with E-state index in [2.05, 4.69) is 20.4 Å². The van der Waals surface area contributed by atoms with Gasteiger partial charge in [0.1, 0.15) is 17.3 Å². The van der Waals surface area contributed by atoms with E-state index in [1.807, 2.05) is 49.6 Å². The van der Waals surface area contributed by atoms with Gasteiger partial charge in [-0.05, 0) is 24.3 Å². The van der Waals surface area contributed by atoms with Crippen LogP contribution in [0.2, 0.25) is 0 Å². The number of nitrogens with one attached hydrogen (secondary N) is 1. The number of hydrogen-bond acceptors (Lipinski definition) is 7. The van der Waals surface area contributed by atoms with Crippen LogP contribution in [-0.4, -0.2) is 32.8 Å². The summed E-state index contributed by atoms with van der Waals surface area (Å²) in [7, 11) is 3.41. The van der Waals surface area contributed by atoms with E-state index in [4.69, 9.17) is 9.47 Å². The van der Waals surface area contributed by atoms with E-state index >= 15 is 0 Å². The molecule has 0 aliphatic heterocycles. The van der Waals surface area contributed by atoms with E-state index in [0.29, 0.717) is 22.9 Å². The lowest BCUT2D eigenvalue weighted by molar-refractivity contribution is 0.102. The molecule has 0 fully saturated rings. The van der Waals surface area contributed by atoms with E-state index in [0.717, 1.165) is 27.2 Å². The van der Waals surface area contributed by atoms with Crippen molar-refractivity contribution in [3.8, 4) is 22.1 Å². The van der Waals surface area contributed by atoms with E-state index in [1.54, 1.807) is 41.6 Å². The third kappa shape index (κ3) is 4.60. The van der Waals surface area contributed by atoms with Crippen LogP contribution in [0.1, 0.15) is 16.2 Å². The van der Waals surface area contributed by atoms with Gasteiger partial charge in [-0.15, -0.1) is 11.3 Å². The fraction of sp³-hybridized carbons (Fsp3) is 0.120. The number of carbonyl (C=O) groups excluding carboxylic acids is 1. The zero-order valence-electron chi connectivity index (χ0n) is 18.6. The summed E-state index contributed by atoms with van der Waals surface area (Å²) in [6, 6.07) is 17.1. The molecule has 1 amide bonds. The van der Waals surface area contributed by atoms with Crippen LogP contribution < -0.4 is 14.8 Å². The lowest BCUT2D eigenvalue weighted by Gasteiger charge is -2.13. The standard InChI is InChI=1S/C25H21N5O3S/c1-30-13-17(12-26-30)25-29-21(15-34-25)24(31)28-18-9-10-22(32-2)23(11-18)33-14-19-8-7-16-5-3-4-6-20(16)27-19/h3-13,15H,14H2,1-2H3,(H,28,31). The topological polar surface area (TPSA) is 91.2 Å². The first-order valence-electron chi connectivity index (χ1n) is 10.5. The van der Waals surface area contributed by atoms with Crippen LogP contribution >= 0.6 is 11.3 Å². The van der Waals surface area contributed by atoms with Crippen molar-refractivity contribution in [1.82, 2.24) is 19.7 Å². The number of carbonyl (C=O) groups is 1. The number of benzene rings is 2. The van der Waals surface area contributed by atoms with Gasteiger partial charge in [0.15, 0.2) is 11.5 Å². The second-order valence-corrected chi connectivity index (χ2v) is 8.40. The third-order valence-corrected chi connectivity index (χ3v) is 6.03. The molecule has 3 heterocycles. The summed E-state index contributed by atoms with van der Waals surface area (Å²) < 4.78 is 13.1. The number of aryl methyl sites for hydroxylation is 1. The number of rotatable bonds is 7. The highest BCUT2D eigenvalue weighted by Crippen LogP contribution is 2.31. The van der Waals surface area contributed by atoms with Crippen molar-refractivity contribution in [2.45, 2.75) is 6.61 Å². The fourth-order valence-corrected chi connectivity index (χ4v) is 4.22. The molecule has 0 unspecified atom stereocenters. The number of pyridine rings is 1. The molecular weight excluding hydrogens is 450 g/mol. The average molecular weight is 472 g/mol. The monoisotopic (exact) mass is 471 g/mol. The molecular formula is C25H21N5O3S. The van der Waals surface area contributed by atoms with Crippen LogP contribution in [-0.2, 0) is 13.7 Å². The van der Waals surface area contributed by atoms with E-state index < -0.39 is 0 Å². The van der Waals surface area contributed by atoms with Gasteiger partial charge in [-0.25, -0.2) is 9.97 Å². The minimum absolute atomic E-state index is 0.263. The van der Waals surface area contributed by atoms with Crippen molar-refractivity contribution in [3.63, 3.8) is 0 Å². The summed E-state index contributed by atoms with van der Waals surface area (Å²) in [5.74, 6) is 0.759. The van der Waals surface area contributed by atoms with Gasteiger partial charge in [0.2, 0.25) is 0 Å². The maximum absolute atomic E-state index is 12.8. The zero-order chi connectivity index (χ0) is 23.5. The van der Waals surface area contributed by atoms with Gasteiger partial charge in [-0.1, -0.05) is 24.3 Å². The molecule has 170 valence electrons. The summed E-state index contributed by atoms with van der Waals surface area (Å²) in [5, 5.41) is 10.6. The van der Waals surface area contributed by atoms with Gasteiger partial charge in [0.25, 0.3) is 5.91 Å². The minimum atomic E-state index is -0.307. The highest BCUT2D eigenvalue weighted by molar-refractivity contribution is 7.13. The Morgan fingerprint density at radius 3 is 2.79 bits per heavy atom. The normalized spacial score (nSPS) is 10.9. The number of fused-ring (bicyclic) bond motifs is 1. The molecule has 34 heavy (non-hydrogen) atoms. The number of anilines is 1. The Hall–Kier alpha value is -4.24. The molecule has 8 nitrogen and oxygen atoms in total. The molecule has 9 heteroatoms. The average Bonchev–Trinajstić information content (AvgIpc) is 3.52. The van der Waals surface area contributed by atoms with Crippen LogP contribution in [0.25, 0.3) is 21.5 Å². The summed E-state index contributed by atoms with van der Waals surface area (Å²) in [4.78, 5) is 21.8. The molecule has 0 saturated heterocycles. The quantitative estimate of drug-likeness (QED) is 0.362. The molecule has 0 spiro atoms. The second-order valence-electron chi connectivity index (χ2n) is 7.54. The van der Waals surface area contributed by atoms with Gasteiger partial charge in [0, 0.05) is 41.3 Å². The van der Waals surface area contributed by atoms with Crippen LogP contribution in [0.15, 0.2) is 72.4 Å². The van der Waals surface area contributed by atoms with Crippen LogP contribution in [0.3, 0.4) is 0 Å². The van der Waals surface area contributed by atoms with Crippen molar-refractivity contribution >= 4 is 33.8 Å². The van der Waals surface area contributed by atoms with E-state index in [9.17, 15) is 4.79 Å². The van der Waals surface area contributed by atoms with Gasteiger partial charge in [0.05, 0.1) is 24.5 Å². The number of amides is 1. The number of thiazole rings is 1. The van der Waals surface area contributed by atoms with Crippen molar-refractivity contribution in [2.24, 2.45) is 7.05 Å². The zero-order valence-corrected chi connectivity index (χ0v) is 19.4. The molecule has 1 N–H and O–H groups in total. The van der Waals surface area contributed by atoms with Crippen molar-refractivity contribution in [1.29, 1.82) is 0 Å². The number of para-hydroxylation sites is 1. The SMILES string of the molecule is COc1ccc(NC(=O)c2csc(-c3cnn(C)c3)n2)cc1OCc1ccc2ccccc2n1. The number of ether oxygens (including phenoxy) is 2. The van der Waals surface area contributed by atoms with Crippen LogP contribution in [0.5, 0.6) is 11.5 Å². The molecule has 0 aliphatic rings. The Labute approximate surface area is 199 Å². The molecule has 5 aromatic rings. The Bertz CT molecular complexity index is 1480. The lowest BCUT2D eigenvalue weighted by Crippen LogP contribution is -2.12. The smallest absolute Gasteiger partial charge is 0.275 e. The number of aromatic nitrogens is 4. The number of methoxy groups -OCH3 is 1. The van der Waals surface area contributed by atoms with Gasteiger partial charge >= 0.3 is 0 Å². The summed E-state index contributed by atoms with van der Waals surface area (Å²) >= 11 is 1.39. The summed E-state index contributed by atoms with van der Waals surface area (Å²) in [5.41, 5.74) is 3.48. The fourth-order valence-electron chi connectivity index (χ4n) is 3.44. The first-order chi connectivity index (χ1) is 16.6. The molecule has 2 aromatic carbocycles. The maximum Gasteiger partial charge on any atom is 0.275 e. The highest BCUT2D eigenvalue weighted by atomic mass is 32.1. The Kier molecular flexibility index (Phi) is 5.92. The lowest BCUT2D eigenvalue weighted by atomic mass is 10.2. The van der Waals surface area contributed by atoms with Gasteiger partial charge in [-0.3, -0.25) is 9.48 Å². The largest absolute Gasteiger partial charge is 0.493 e. The first-order valence-corrected chi connectivity index (χ1v) is 11.4. The van der Waals surface area contributed by atoms with Crippen molar-refractivity contribution < 1.29 is 14.3 Å². The van der Waals surface area contributed by atoms with E-state index in [1.165, 1.54) is 11.3 Å². The first kappa shape index (κ1) is 21.6. The molecule has 3 aromatic heterocycles. The highest BCUT2D eigenvalue weighted by Gasteiger charge is 2.15. The maximum atomic E-state index is 12.8. The number of hydrogen-bond donors (Lipinski definition) is 1. The number of nitrogens with zero attached hydrogens (tertiary/aromatic N) is 4. The molecule has 5 rings (SSSR count). The second kappa shape index (κ2) is 9.32. The predicted octanol–water partition coefficient (Wildman–Crippen LogP) is 4.93. The van der Waals surface area contributed by atoms with Gasteiger partial charge in [-0.2, -0.15) is 5.10 Å². The molecule has 0 atom stereocenters. The molecule has 0 aliphatic carbocycles. The Morgan fingerprint density at radius 2 is 1.97 bits per heavy atom. The summed E-state index contributed by atoms with van der Waals surface area (Å²) in [6.07, 6.45) is 3.58. The van der Waals surface area contributed by atoms with Crippen LogP contribution in [0, 0.1) is 0 Å². The molecule has 0 saturated carbocycles. The molecule has 0 radical (unpaired) electrons. The predicted molar refractivity (Wildman–Crippen MR) is 131 cm³/mol. The molecule has 0 bridgehead atoms. The van der Waals surface area contributed by atoms with Gasteiger partial charge < -0.3 is 14.8 Å². The third-order valence-electron chi connectivity index (χ3n) is 5.14.